The van der Waals surface area contributed by atoms with Gasteiger partial charge < -0.3 is 4.90 Å². The molecule has 2 unspecified atom stereocenters. The quantitative estimate of drug-likeness (QED) is 0.707. The lowest BCUT2D eigenvalue weighted by Crippen LogP contribution is -2.36. The summed E-state index contributed by atoms with van der Waals surface area (Å²) in [5.41, 5.74) is 0. The van der Waals surface area contributed by atoms with Crippen molar-refractivity contribution >= 4 is 21.8 Å². The second-order valence-electron chi connectivity index (χ2n) is 3.26. The molecular weight excluding hydrogens is 244 g/mol. The van der Waals surface area contributed by atoms with Gasteiger partial charge in [0, 0.05) is 19.0 Å². The van der Waals surface area contributed by atoms with E-state index in [1.807, 2.05) is 0 Å². The molecule has 1 aliphatic heterocycles. The van der Waals surface area contributed by atoms with Gasteiger partial charge in [0.25, 0.3) is 0 Å². The van der Waals surface area contributed by atoms with E-state index in [1.165, 1.54) is 4.90 Å². The largest absolute Gasteiger partial charge is 0.339 e. The van der Waals surface area contributed by atoms with Crippen molar-refractivity contribution in [2.45, 2.75) is 37.1 Å². The third-order valence-electron chi connectivity index (χ3n) is 2.23. The van der Waals surface area contributed by atoms with Gasteiger partial charge >= 0.3 is 0 Å². The van der Waals surface area contributed by atoms with Crippen LogP contribution in [0.5, 0.6) is 0 Å². The molecule has 1 heterocycles. The summed E-state index contributed by atoms with van der Waals surface area (Å²) in [4.78, 5) is 12.7. The smallest absolute Gasteiger partial charge is 0.240 e. The minimum absolute atomic E-state index is 0.0619. The molecule has 0 aliphatic carbocycles. The Kier molecular flexibility index (Phi) is 3.64. The van der Waals surface area contributed by atoms with E-state index < -0.39 is 6.43 Å². The highest BCUT2D eigenvalue weighted by molar-refractivity contribution is 9.10. The minimum atomic E-state index is -2.34. The Morgan fingerprint density at radius 2 is 2.31 bits per heavy atom. The molecule has 2 nitrogen and oxygen atoms in total. The summed E-state index contributed by atoms with van der Waals surface area (Å²) in [5, 5.41) is 0. The molecule has 2 atom stereocenters. The molecule has 0 aromatic carbocycles. The Morgan fingerprint density at radius 1 is 1.69 bits per heavy atom. The molecule has 1 saturated heterocycles. The Hall–Kier alpha value is -0.190. The predicted molar refractivity (Wildman–Crippen MR) is 49.1 cm³/mol. The van der Waals surface area contributed by atoms with Gasteiger partial charge in [0.15, 0.2) is 0 Å². The lowest BCUT2D eigenvalue weighted by molar-refractivity contribution is -0.129. The highest BCUT2D eigenvalue weighted by atomic mass is 79.9. The lowest BCUT2D eigenvalue weighted by Gasteiger charge is -2.23. The molecule has 1 rings (SSSR count). The van der Waals surface area contributed by atoms with E-state index in [0.29, 0.717) is 13.0 Å². The van der Waals surface area contributed by atoms with Crippen LogP contribution in [0.25, 0.3) is 0 Å². The number of carbonyl (C=O) groups excluding carboxylic acids is 1. The zero-order chi connectivity index (χ0) is 10.0. The van der Waals surface area contributed by atoms with Crippen LogP contribution in [0.4, 0.5) is 8.78 Å². The summed E-state index contributed by atoms with van der Waals surface area (Å²) in [6, 6.07) is -0.352. The van der Waals surface area contributed by atoms with Crippen molar-refractivity contribution in [3.8, 4) is 0 Å². The van der Waals surface area contributed by atoms with E-state index in [0.717, 1.165) is 0 Å². The van der Waals surface area contributed by atoms with E-state index in [-0.39, 0.29) is 23.2 Å². The third-order valence-corrected chi connectivity index (χ3v) is 3.08. The standard InChI is InChI=1S/C8H12BrF2NO/c1-5(4-7(10)11)12-3-2-6(9)8(12)13/h5-7H,2-4H2,1H3. The fraction of sp³-hybridized carbons (Fsp3) is 0.875. The molecule has 5 heteroatoms. The minimum Gasteiger partial charge on any atom is -0.339 e. The number of alkyl halides is 3. The molecule has 1 amide bonds. The Balaban J connectivity index is 2.48. The second-order valence-corrected chi connectivity index (χ2v) is 4.37. The van der Waals surface area contributed by atoms with Crippen molar-refractivity contribution in [1.82, 2.24) is 4.90 Å². The topological polar surface area (TPSA) is 20.3 Å². The third kappa shape index (κ3) is 2.62. The lowest BCUT2D eigenvalue weighted by atomic mass is 10.2. The summed E-state index contributed by atoms with van der Waals surface area (Å²) in [6.45, 7) is 2.25. The molecule has 76 valence electrons. The molecule has 0 bridgehead atoms. The molecule has 0 radical (unpaired) electrons. The van der Waals surface area contributed by atoms with Crippen LogP contribution >= 0.6 is 15.9 Å². The zero-order valence-electron chi connectivity index (χ0n) is 7.34. The number of carbonyl (C=O) groups is 1. The van der Waals surface area contributed by atoms with Gasteiger partial charge in [-0.2, -0.15) is 0 Å². The maximum Gasteiger partial charge on any atom is 0.240 e. The van der Waals surface area contributed by atoms with Gasteiger partial charge in [0.2, 0.25) is 12.3 Å². The first kappa shape index (κ1) is 10.9. The monoisotopic (exact) mass is 255 g/mol. The summed E-state index contributed by atoms with van der Waals surface area (Å²) in [6.07, 6.45) is -1.85. The van der Waals surface area contributed by atoms with E-state index in [4.69, 9.17) is 0 Å². The molecule has 0 aromatic heterocycles. The first-order valence-corrected chi connectivity index (χ1v) is 5.16. The fourth-order valence-corrected chi connectivity index (χ4v) is 1.96. The van der Waals surface area contributed by atoms with Gasteiger partial charge in [0.05, 0.1) is 4.83 Å². The summed E-state index contributed by atoms with van der Waals surface area (Å²) < 4.78 is 24.0. The Bertz CT molecular complexity index is 201. The summed E-state index contributed by atoms with van der Waals surface area (Å²) >= 11 is 3.20. The van der Waals surface area contributed by atoms with Crippen molar-refractivity contribution in [3.63, 3.8) is 0 Å². The summed E-state index contributed by atoms with van der Waals surface area (Å²) in [7, 11) is 0. The number of hydrogen-bond acceptors (Lipinski definition) is 1. The maximum absolute atomic E-state index is 12.0. The van der Waals surface area contributed by atoms with E-state index >= 15 is 0 Å². The van der Waals surface area contributed by atoms with Crippen molar-refractivity contribution in [3.05, 3.63) is 0 Å². The Labute approximate surface area is 84.4 Å². The van der Waals surface area contributed by atoms with Gasteiger partial charge in [-0.05, 0) is 13.3 Å². The van der Waals surface area contributed by atoms with Crippen molar-refractivity contribution in [1.29, 1.82) is 0 Å². The van der Waals surface area contributed by atoms with Crippen molar-refractivity contribution in [2.75, 3.05) is 6.54 Å². The van der Waals surface area contributed by atoms with Crippen LogP contribution in [-0.2, 0) is 4.79 Å². The highest BCUT2D eigenvalue weighted by Gasteiger charge is 2.33. The van der Waals surface area contributed by atoms with Crippen LogP contribution in [0.1, 0.15) is 19.8 Å². The number of likely N-dealkylation sites (tertiary alicyclic amines) is 1. The van der Waals surface area contributed by atoms with E-state index in [2.05, 4.69) is 15.9 Å². The molecule has 0 saturated carbocycles. The number of amides is 1. The molecule has 0 N–H and O–H groups in total. The average molecular weight is 256 g/mol. The van der Waals surface area contributed by atoms with Crippen LogP contribution in [0.2, 0.25) is 0 Å². The predicted octanol–water partition coefficient (Wildman–Crippen LogP) is 2.03. The van der Waals surface area contributed by atoms with Gasteiger partial charge in [0.1, 0.15) is 0 Å². The van der Waals surface area contributed by atoms with Crippen LogP contribution in [0, 0.1) is 0 Å². The molecule has 0 aromatic rings. The van der Waals surface area contributed by atoms with Gasteiger partial charge in [-0.1, -0.05) is 15.9 Å². The van der Waals surface area contributed by atoms with Crippen molar-refractivity contribution in [2.24, 2.45) is 0 Å². The zero-order valence-corrected chi connectivity index (χ0v) is 8.93. The molecular formula is C8H12BrF2NO. The fourth-order valence-electron chi connectivity index (χ4n) is 1.49. The number of nitrogens with zero attached hydrogens (tertiary/aromatic N) is 1. The highest BCUT2D eigenvalue weighted by Crippen LogP contribution is 2.22. The number of hydrogen-bond donors (Lipinski definition) is 0. The molecule has 1 aliphatic rings. The maximum atomic E-state index is 12.0. The normalized spacial score (nSPS) is 25.8. The SMILES string of the molecule is CC(CC(F)F)N1CCC(Br)C1=O. The van der Waals surface area contributed by atoms with Crippen LogP contribution in [-0.4, -0.2) is 34.6 Å². The van der Waals surface area contributed by atoms with Gasteiger partial charge in [-0.3, -0.25) is 4.79 Å². The van der Waals surface area contributed by atoms with E-state index in [9.17, 15) is 13.6 Å². The van der Waals surface area contributed by atoms with E-state index in [1.54, 1.807) is 6.92 Å². The summed E-state index contributed by atoms with van der Waals surface area (Å²) in [5.74, 6) is -0.0619. The van der Waals surface area contributed by atoms with Crippen LogP contribution < -0.4 is 0 Å². The second kappa shape index (κ2) is 4.35. The van der Waals surface area contributed by atoms with Gasteiger partial charge in [-0.25, -0.2) is 8.78 Å². The number of halogens is 3. The first-order valence-electron chi connectivity index (χ1n) is 4.25. The van der Waals surface area contributed by atoms with Crippen molar-refractivity contribution < 1.29 is 13.6 Å². The Morgan fingerprint density at radius 3 is 2.69 bits per heavy atom. The molecule has 0 spiro atoms. The number of rotatable bonds is 3. The average Bonchev–Trinajstić information content (AvgIpc) is 2.31. The van der Waals surface area contributed by atoms with Crippen LogP contribution in [0.3, 0.4) is 0 Å². The molecule has 1 fully saturated rings. The first-order chi connectivity index (χ1) is 6.02. The van der Waals surface area contributed by atoms with Gasteiger partial charge in [-0.15, -0.1) is 0 Å². The molecule has 13 heavy (non-hydrogen) atoms. The van der Waals surface area contributed by atoms with Crippen LogP contribution in [0.15, 0.2) is 0 Å².